The molecule has 0 fully saturated rings. The molecular formula is C18H14F6. The number of benzene rings is 2. The lowest BCUT2D eigenvalue weighted by Gasteiger charge is -2.16. The van der Waals surface area contributed by atoms with Crippen LogP contribution in [0.25, 0.3) is 6.08 Å². The van der Waals surface area contributed by atoms with E-state index in [1.165, 1.54) is 0 Å². The minimum atomic E-state index is -4.83. The normalized spacial score (nSPS) is 12.2. The van der Waals surface area contributed by atoms with Crippen molar-refractivity contribution in [3.8, 4) is 0 Å². The van der Waals surface area contributed by atoms with Crippen LogP contribution in [0.4, 0.5) is 26.3 Å². The molecular weight excluding hydrogens is 330 g/mol. The highest BCUT2D eigenvalue weighted by atomic mass is 19.4. The van der Waals surface area contributed by atoms with E-state index in [1.54, 1.807) is 30.3 Å². The first-order valence-electron chi connectivity index (χ1n) is 7.10. The molecule has 2 rings (SSSR count). The van der Waals surface area contributed by atoms with E-state index in [9.17, 15) is 26.3 Å². The Morgan fingerprint density at radius 1 is 0.833 bits per heavy atom. The average Bonchev–Trinajstić information content (AvgIpc) is 2.51. The Labute approximate surface area is 135 Å². The molecule has 2 aromatic rings. The summed E-state index contributed by atoms with van der Waals surface area (Å²) in [6, 6.07) is 8.86. The molecule has 0 spiro atoms. The maximum absolute atomic E-state index is 13.1. The second-order valence-corrected chi connectivity index (χ2v) is 5.32. The predicted molar refractivity (Wildman–Crippen MR) is 80.4 cm³/mol. The highest BCUT2D eigenvalue weighted by molar-refractivity contribution is 5.48. The van der Waals surface area contributed by atoms with Gasteiger partial charge in [0.2, 0.25) is 0 Å². The minimum absolute atomic E-state index is 0.00637. The molecule has 0 atom stereocenters. The summed E-state index contributed by atoms with van der Waals surface area (Å²) in [5.41, 5.74) is -1.07. The molecule has 0 saturated carbocycles. The van der Waals surface area contributed by atoms with E-state index >= 15 is 0 Å². The first-order chi connectivity index (χ1) is 11.1. The van der Waals surface area contributed by atoms with Crippen LogP contribution in [-0.2, 0) is 25.2 Å². The number of rotatable bonds is 4. The van der Waals surface area contributed by atoms with Crippen molar-refractivity contribution in [2.45, 2.75) is 25.2 Å². The van der Waals surface area contributed by atoms with Gasteiger partial charge < -0.3 is 0 Å². The van der Waals surface area contributed by atoms with E-state index < -0.39 is 23.5 Å². The second-order valence-electron chi connectivity index (χ2n) is 5.32. The van der Waals surface area contributed by atoms with Crippen molar-refractivity contribution in [1.29, 1.82) is 0 Å². The standard InChI is InChI=1S/C18H14F6/c1-2-12-4-3-5-13(10-12)6-7-14-8-9-15(17(19,20)21)11-16(14)18(22,23)24/h2-5,8-11H,1,6-7H2. The third-order valence-electron chi connectivity index (χ3n) is 3.61. The van der Waals surface area contributed by atoms with Gasteiger partial charge in [-0.2, -0.15) is 26.3 Å². The molecule has 2 aromatic carbocycles. The van der Waals surface area contributed by atoms with E-state index in [0.29, 0.717) is 6.07 Å². The molecule has 0 aromatic heterocycles. The van der Waals surface area contributed by atoms with E-state index in [-0.39, 0.29) is 24.5 Å². The van der Waals surface area contributed by atoms with Gasteiger partial charge in [-0.3, -0.25) is 0 Å². The second kappa shape index (κ2) is 6.71. The van der Waals surface area contributed by atoms with Crippen molar-refractivity contribution >= 4 is 6.08 Å². The van der Waals surface area contributed by atoms with Crippen LogP contribution < -0.4 is 0 Å². The molecule has 0 nitrogen and oxygen atoms in total. The first-order valence-corrected chi connectivity index (χ1v) is 7.10. The molecule has 0 aliphatic carbocycles. The number of aryl methyl sites for hydroxylation is 2. The zero-order chi connectivity index (χ0) is 18.0. The third-order valence-corrected chi connectivity index (χ3v) is 3.61. The van der Waals surface area contributed by atoms with Crippen LogP contribution in [0.2, 0.25) is 0 Å². The summed E-state index contributed by atoms with van der Waals surface area (Å²) in [5, 5.41) is 0. The lowest BCUT2D eigenvalue weighted by atomic mass is 9.96. The van der Waals surface area contributed by atoms with Crippen molar-refractivity contribution in [2.75, 3.05) is 0 Å². The highest BCUT2D eigenvalue weighted by Crippen LogP contribution is 2.37. The maximum atomic E-state index is 13.1. The molecule has 0 aliphatic rings. The summed E-state index contributed by atoms with van der Waals surface area (Å²) >= 11 is 0. The Morgan fingerprint density at radius 3 is 2.12 bits per heavy atom. The van der Waals surface area contributed by atoms with E-state index in [4.69, 9.17) is 0 Å². The highest BCUT2D eigenvalue weighted by Gasteiger charge is 2.37. The van der Waals surface area contributed by atoms with Crippen LogP contribution in [-0.4, -0.2) is 0 Å². The van der Waals surface area contributed by atoms with Crippen molar-refractivity contribution in [1.82, 2.24) is 0 Å². The fourth-order valence-corrected chi connectivity index (χ4v) is 2.39. The molecule has 0 radical (unpaired) electrons. The molecule has 0 saturated heterocycles. The first kappa shape index (κ1) is 18.1. The lowest BCUT2D eigenvalue weighted by Crippen LogP contribution is -2.14. The van der Waals surface area contributed by atoms with E-state index in [2.05, 4.69) is 6.58 Å². The Balaban J connectivity index is 2.30. The van der Waals surface area contributed by atoms with E-state index in [1.807, 2.05) is 0 Å². The van der Waals surface area contributed by atoms with Gasteiger partial charge in [0.25, 0.3) is 0 Å². The van der Waals surface area contributed by atoms with Crippen molar-refractivity contribution < 1.29 is 26.3 Å². The molecule has 0 heterocycles. The van der Waals surface area contributed by atoms with Crippen LogP contribution in [0, 0.1) is 0 Å². The Bertz CT molecular complexity index is 725. The zero-order valence-corrected chi connectivity index (χ0v) is 12.5. The van der Waals surface area contributed by atoms with Crippen LogP contribution in [0.1, 0.15) is 27.8 Å². The van der Waals surface area contributed by atoms with E-state index in [0.717, 1.165) is 17.2 Å². The summed E-state index contributed by atoms with van der Waals surface area (Å²) < 4.78 is 77.2. The largest absolute Gasteiger partial charge is 0.416 e. The van der Waals surface area contributed by atoms with Gasteiger partial charge in [0.05, 0.1) is 11.1 Å². The molecule has 0 aliphatic heterocycles. The monoisotopic (exact) mass is 344 g/mol. The van der Waals surface area contributed by atoms with Crippen molar-refractivity contribution in [3.05, 3.63) is 76.9 Å². The minimum Gasteiger partial charge on any atom is -0.166 e. The van der Waals surface area contributed by atoms with Gasteiger partial charge >= 0.3 is 12.4 Å². The maximum Gasteiger partial charge on any atom is 0.416 e. The number of hydrogen-bond acceptors (Lipinski definition) is 0. The summed E-state index contributed by atoms with van der Waals surface area (Å²) in [7, 11) is 0. The topological polar surface area (TPSA) is 0 Å². The Hall–Kier alpha value is -2.24. The van der Waals surface area contributed by atoms with Crippen molar-refractivity contribution in [3.63, 3.8) is 0 Å². The zero-order valence-electron chi connectivity index (χ0n) is 12.5. The molecule has 0 N–H and O–H groups in total. The van der Waals surface area contributed by atoms with Gasteiger partial charge in [-0.05, 0) is 41.7 Å². The summed E-state index contributed by atoms with van der Waals surface area (Å²) in [5.74, 6) is 0. The molecule has 128 valence electrons. The van der Waals surface area contributed by atoms with Gasteiger partial charge in [0, 0.05) is 0 Å². The fraction of sp³-hybridized carbons (Fsp3) is 0.222. The van der Waals surface area contributed by atoms with Crippen LogP contribution in [0.5, 0.6) is 0 Å². The molecule has 24 heavy (non-hydrogen) atoms. The number of alkyl halides is 6. The molecule has 0 amide bonds. The van der Waals surface area contributed by atoms with Gasteiger partial charge in [-0.1, -0.05) is 43.0 Å². The van der Waals surface area contributed by atoms with Crippen LogP contribution in [0.15, 0.2) is 49.0 Å². The molecule has 0 bridgehead atoms. The summed E-state index contributed by atoms with van der Waals surface area (Å²) in [6.45, 7) is 3.61. The number of hydrogen-bond donors (Lipinski definition) is 0. The summed E-state index contributed by atoms with van der Waals surface area (Å²) in [4.78, 5) is 0. The SMILES string of the molecule is C=Cc1cccc(CCc2ccc(C(F)(F)F)cc2C(F)(F)F)c1. The predicted octanol–water partition coefficient (Wildman–Crippen LogP) is 6.15. The van der Waals surface area contributed by atoms with Crippen LogP contribution in [0.3, 0.4) is 0 Å². The van der Waals surface area contributed by atoms with Gasteiger partial charge in [-0.25, -0.2) is 0 Å². The van der Waals surface area contributed by atoms with Crippen molar-refractivity contribution in [2.24, 2.45) is 0 Å². The third kappa shape index (κ3) is 4.40. The number of halogens is 6. The quantitative estimate of drug-likeness (QED) is 0.583. The smallest absolute Gasteiger partial charge is 0.166 e. The van der Waals surface area contributed by atoms with Crippen LogP contribution >= 0.6 is 0 Å². The van der Waals surface area contributed by atoms with Gasteiger partial charge in [0.1, 0.15) is 0 Å². The fourth-order valence-electron chi connectivity index (χ4n) is 2.39. The summed E-state index contributed by atoms with van der Waals surface area (Å²) in [6.07, 6.45) is -7.75. The Kier molecular flexibility index (Phi) is 5.06. The van der Waals surface area contributed by atoms with Gasteiger partial charge in [0.15, 0.2) is 0 Å². The van der Waals surface area contributed by atoms with Gasteiger partial charge in [-0.15, -0.1) is 0 Å². The molecule has 6 heteroatoms. The molecule has 0 unspecified atom stereocenters. The Morgan fingerprint density at radius 2 is 1.54 bits per heavy atom. The lowest BCUT2D eigenvalue weighted by molar-refractivity contribution is -0.143. The average molecular weight is 344 g/mol.